The number of esters is 3. The van der Waals surface area contributed by atoms with Crippen LogP contribution in [0.3, 0.4) is 0 Å². The molecule has 6 nitrogen and oxygen atoms in total. The van der Waals surface area contributed by atoms with Gasteiger partial charge < -0.3 is 14.2 Å². The van der Waals surface area contributed by atoms with E-state index in [4.69, 9.17) is 14.2 Å². The predicted molar refractivity (Wildman–Crippen MR) is 311 cm³/mol. The molecular weight excluding hydrogens is 889 g/mol. The summed E-state index contributed by atoms with van der Waals surface area (Å²) in [6.07, 6.45) is 84.1. The molecule has 0 aromatic rings. The summed E-state index contributed by atoms with van der Waals surface area (Å²) in [6, 6.07) is 0. The third-order valence-corrected chi connectivity index (χ3v) is 11.6. The van der Waals surface area contributed by atoms with Crippen molar-refractivity contribution in [1.29, 1.82) is 0 Å². The number of allylic oxidation sites excluding steroid dienone is 24. The maximum atomic E-state index is 12.9. The molecule has 404 valence electrons. The van der Waals surface area contributed by atoms with Crippen LogP contribution >= 0.6 is 0 Å². The van der Waals surface area contributed by atoms with Gasteiger partial charge in [0.2, 0.25) is 0 Å². The lowest BCUT2D eigenvalue weighted by Crippen LogP contribution is -2.30. The number of carbonyl (C=O) groups excluding carboxylic acids is 3. The van der Waals surface area contributed by atoms with Gasteiger partial charge >= 0.3 is 17.9 Å². The van der Waals surface area contributed by atoms with Gasteiger partial charge in [0.1, 0.15) is 13.2 Å². The maximum Gasteiger partial charge on any atom is 0.306 e. The van der Waals surface area contributed by atoms with Crippen LogP contribution in [0.4, 0.5) is 0 Å². The highest BCUT2D eigenvalue weighted by Crippen LogP contribution is 2.13. The van der Waals surface area contributed by atoms with E-state index in [0.717, 1.165) is 141 Å². The topological polar surface area (TPSA) is 78.9 Å². The van der Waals surface area contributed by atoms with E-state index in [2.05, 4.69) is 167 Å². The number of rotatable bonds is 50. The van der Waals surface area contributed by atoms with Crippen LogP contribution in [0.2, 0.25) is 0 Å². The van der Waals surface area contributed by atoms with E-state index in [0.29, 0.717) is 12.8 Å². The maximum absolute atomic E-state index is 12.9. The fourth-order valence-corrected chi connectivity index (χ4v) is 7.30. The summed E-state index contributed by atoms with van der Waals surface area (Å²) < 4.78 is 16.8. The normalized spacial score (nSPS) is 13.2. The Kier molecular flexibility index (Phi) is 55.0. The van der Waals surface area contributed by atoms with E-state index in [9.17, 15) is 14.4 Å². The van der Waals surface area contributed by atoms with Gasteiger partial charge in [0.25, 0.3) is 0 Å². The molecule has 0 aliphatic heterocycles. The zero-order valence-electron chi connectivity index (χ0n) is 46.1. The smallest absolute Gasteiger partial charge is 0.306 e. The molecule has 0 heterocycles. The van der Waals surface area contributed by atoms with E-state index in [1.165, 1.54) is 44.9 Å². The Balaban J connectivity index is 4.55. The first-order chi connectivity index (χ1) is 35.5. The molecule has 0 amide bonds. The van der Waals surface area contributed by atoms with Crippen molar-refractivity contribution < 1.29 is 28.6 Å². The fourth-order valence-electron chi connectivity index (χ4n) is 7.30. The number of hydrogen-bond donors (Lipinski definition) is 0. The average molecular weight is 994 g/mol. The van der Waals surface area contributed by atoms with Crippen molar-refractivity contribution >= 4 is 17.9 Å². The van der Waals surface area contributed by atoms with Gasteiger partial charge in [0, 0.05) is 19.3 Å². The van der Waals surface area contributed by atoms with E-state index in [1.807, 2.05) is 0 Å². The van der Waals surface area contributed by atoms with Gasteiger partial charge in [0.05, 0.1) is 0 Å². The molecule has 0 aromatic heterocycles. The third-order valence-electron chi connectivity index (χ3n) is 11.6. The summed E-state index contributed by atoms with van der Waals surface area (Å²) in [7, 11) is 0. The van der Waals surface area contributed by atoms with Gasteiger partial charge in [-0.1, -0.05) is 224 Å². The fraction of sp³-hybridized carbons (Fsp3) is 0.591. The molecule has 0 fully saturated rings. The van der Waals surface area contributed by atoms with Crippen molar-refractivity contribution in [3.63, 3.8) is 0 Å². The Labute approximate surface area is 442 Å². The van der Waals surface area contributed by atoms with Crippen molar-refractivity contribution in [2.45, 2.75) is 239 Å². The van der Waals surface area contributed by atoms with Crippen molar-refractivity contribution in [2.24, 2.45) is 0 Å². The zero-order chi connectivity index (χ0) is 52.2. The minimum atomic E-state index is -0.825. The first kappa shape index (κ1) is 67.3. The summed E-state index contributed by atoms with van der Waals surface area (Å²) in [5.74, 6) is -1.02. The van der Waals surface area contributed by atoms with Gasteiger partial charge in [0.15, 0.2) is 6.10 Å². The molecule has 0 spiro atoms. The molecule has 0 aliphatic carbocycles. The highest BCUT2D eigenvalue weighted by atomic mass is 16.6. The van der Waals surface area contributed by atoms with Gasteiger partial charge in [-0.2, -0.15) is 0 Å². The Morgan fingerprint density at radius 2 is 0.556 bits per heavy atom. The van der Waals surface area contributed by atoms with E-state index >= 15 is 0 Å². The highest BCUT2D eigenvalue weighted by molar-refractivity contribution is 5.71. The second kappa shape index (κ2) is 58.9. The summed E-state index contributed by atoms with van der Waals surface area (Å²) >= 11 is 0. The lowest BCUT2D eigenvalue weighted by molar-refractivity contribution is -0.167. The largest absolute Gasteiger partial charge is 0.462 e. The van der Waals surface area contributed by atoms with Crippen LogP contribution in [-0.2, 0) is 28.6 Å². The van der Waals surface area contributed by atoms with Gasteiger partial charge in [-0.05, 0) is 135 Å². The third kappa shape index (κ3) is 56.2. The molecule has 1 atom stereocenters. The summed E-state index contributed by atoms with van der Waals surface area (Å²) in [5.41, 5.74) is 0. The Morgan fingerprint density at radius 1 is 0.292 bits per heavy atom. The molecule has 72 heavy (non-hydrogen) atoms. The molecule has 0 bridgehead atoms. The van der Waals surface area contributed by atoms with Crippen LogP contribution < -0.4 is 0 Å². The second-order valence-electron chi connectivity index (χ2n) is 18.4. The van der Waals surface area contributed by atoms with Crippen LogP contribution in [0.1, 0.15) is 233 Å². The predicted octanol–water partition coefficient (Wildman–Crippen LogP) is 19.6. The summed E-state index contributed by atoms with van der Waals surface area (Å²) in [4.78, 5) is 38.2. The van der Waals surface area contributed by atoms with Gasteiger partial charge in [-0.25, -0.2) is 0 Å². The zero-order valence-corrected chi connectivity index (χ0v) is 46.1. The summed E-state index contributed by atoms with van der Waals surface area (Å²) in [6.45, 7) is 6.31. The molecule has 6 heteroatoms. The van der Waals surface area contributed by atoms with Crippen LogP contribution in [-0.4, -0.2) is 37.2 Å². The average Bonchev–Trinajstić information content (AvgIpc) is 3.38. The van der Waals surface area contributed by atoms with Crippen molar-refractivity contribution in [3.05, 3.63) is 146 Å². The standard InChI is InChI=1S/C66H104O6/c1-4-7-10-13-16-19-22-25-28-30-31-32-33-34-35-37-38-41-44-47-50-53-56-59-65(68)71-62-63(61-70-64(67)58-55-52-49-46-43-40-27-24-21-18-15-12-9-6-3)72-66(69)60-57-54-51-48-45-42-39-36-29-26-23-20-17-14-11-8-5-2/h7-8,10-11,16-17,19-20,24-29,31-32,34-35,38-39,41-42,47,50,63H,4-6,9,12-15,18,21-23,30,33,36-37,40,43-46,48-49,51-62H2,1-3H3/b10-7-,11-8-,19-16-,20-17-,27-24-,28-25-,29-26-,32-31-,35-34-,41-38-,42-39-,50-47-. The lowest BCUT2D eigenvalue weighted by Gasteiger charge is -2.18. The number of unbranched alkanes of at least 4 members (excludes halogenated alkanes) is 15. The van der Waals surface area contributed by atoms with Gasteiger partial charge in [-0.15, -0.1) is 0 Å². The van der Waals surface area contributed by atoms with Crippen molar-refractivity contribution in [3.8, 4) is 0 Å². The molecule has 0 aromatic carbocycles. The lowest BCUT2D eigenvalue weighted by atomic mass is 10.1. The quantitative estimate of drug-likeness (QED) is 0.0261. The number of carbonyl (C=O) groups is 3. The minimum absolute atomic E-state index is 0.116. The molecule has 0 saturated carbocycles. The van der Waals surface area contributed by atoms with Crippen LogP contribution in [0, 0.1) is 0 Å². The van der Waals surface area contributed by atoms with E-state index < -0.39 is 6.10 Å². The molecular formula is C66H104O6. The molecule has 0 aliphatic rings. The van der Waals surface area contributed by atoms with Crippen molar-refractivity contribution in [1.82, 2.24) is 0 Å². The number of hydrogen-bond acceptors (Lipinski definition) is 6. The van der Waals surface area contributed by atoms with Crippen LogP contribution in [0.5, 0.6) is 0 Å². The molecule has 0 radical (unpaired) electrons. The monoisotopic (exact) mass is 993 g/mol. The second-order valence-corrected chi connectivity index (χ2v) is 18.4. The first-order valence-electron chi connectivity index (χ1n) is 28.8. The Morgan fingerprint density at radius 3 is 0.917 bits per heavy atom. The van der Waals surface area contributed by atoms with Gasteiger partial charge in [-0.3, -0.25) is 14.4 Å². The Hall–Kier alpha value is -4.71. The SMILES string of the molecule is CC/C=C\C/C=C\C/C=C\C/C=C\C/C=C\C/C=C\C/C=C\CCCC(=O)OCC(COC(=O)CCCCCCC/C=C\CCCCCCC)OC(=O)CCCCCC/C=C\C/C=C\C/C=C\C/C=C\CC. The van der Waals surface area contributed by atoms with Crippen LogP contribution in [0.15, 0.2) is 146 Å². The Bertz CT molecular complexity index is 1610. The highest BCUT2D eigenvalue weighted by Gasteiger charge is 2.19. The molecule has 0 saturated heterocycles. The molecule has 1 unspecified atom stereocenters. The summed E-state index contributed by atoms with van der Waals surface area (Å²) in [5, 5.41) is 0. The van der Waals surface area contributed by atoms with E-state index in [1.54, 1.807) is 0 Å². The number of ether oxygens (including phenoxy) is 3. The van der Waals surface area contributed by atoms with Crippen LogP contribution in [0.25, 0.3) is 0 Å². The van der Waals surface area contributed by atoms with E-state index in [-0.39, 0.29) is 44.0 Å². The first-order valence-corrected chi connectivity index (χ1v) is 28.8. The molecule has 0 rings (SSSR count). The molecule has 0 N–H and O–H groups in total. The van der Waals surface area contributed by atoms with Crippen molar-refractivity contribution in [2.75, 3.05) is 13.2 Å². The minimum Gasteiger partial charge on any atom is -0.462 e.